The van der Waals surface area contributed by atoms with Gasteiger partial charge in [0.05, 0.1) is 5.52 Å². The molecule has 0 aliphatic carbocycles. The van der Waals surface area contributed by atoms with Crippen LogP contribution in [0.1, 0.15) is 36.2 Å². The Morgan fingerprint density at radius 3 is 2.78 bits per heavy atom. The van der Waals surface area contributed by atoms with Crippen molar-refractivity contribution in [3.8, 4) is 0 Å². The fraction of sp³-hybridized carbons (Fsp3) is 0.357. The molecule has 96 valence electrons. The van der Waals surface area contributed by atoms with Crippen LogP contribution in [0.2, 0.25) is 0 Å². The molecule has 4 nitrogen and oxygen atoms in total. The maximum Gasteiger partial charge on any atom is 0.227 e. The molecule has 1 heterocycles. The molecule has 2 aromatic rings. The molecule has 0 unspecified atom stereocenters. The van der Waals surface area contributed by atoms with Gasteiger partial charge in [-0.15, -0.1) is 0 Å². The quantitative estimate of drug-likeness (QED) is 0.865. The number of carbonyl (C=O) groups is 1. The van der Waals surface area contributed by atoms with Gasteiger partial charge in [-0.05, 0) is 31.0 Å². The van der Waals surface area contributed by atoms with Gasteiger partial charge in [0.15, 0.2) is 0 Å². The average molecular weight is 245 g/mol. The Morgan fingerprint density at radius 1 is 1.39 bits per heavy atom. The highest BCUT2D eigenvalue weighted by molar-refractivity contribution is 5.93. The Bertz CT molecular complexity index is 559. The van der Waals surface area contributed by atoms with Gasteiger partial charge in [0.2, 0.25) is 5.91 Å². The van der Waals surface area contributed by atoms with E-state index in [1.54, 1.807) is 11.5 Å². The van der Waals surface area contributed by atoms with E-state index in [-0.39, 0.29) is 11.9 Å². The van der Waals surface area contributed by atoms with Crippen LogP contribution in [0.3, 0.4) is 0 Å². The number of hydrogen-bond acceptors (Lipinski definition) is 3. The third kappa shape index (κ3) is 2.30. The second-order valence-electron chi connectivity index (χ2n) is 4.53. The predicted molar refractivity (Wildman–Crippen MR) is 73.5 cm³/mol. The first-order valence-corrected chi connectivity index (χ1v) is 6.21. The lowest BCUT2D eigenvalue weighted by atomic mass is 10.0. The molecule has 0 saturated carbocycles. The van der Waals surface area contributed by atoms with E-state index in [0.29, 0.717) is 6.54 Å². The smallest absolute Gasteiger partial charge is 0.227 e. The largest absolute Gasteiger partial charge is 0.330 e. The summed E-state index contributed by atoms with van der Waals surface area (Å²) in [6, 6.07) is 7.77. The minimum Gasteiger partial charge on any atom is -0.330 e. The fourth-order valence-electron chi connectivity index (χ4n) is 2.26. The van der Waals surface area contributed by atoms with Crippen LogP contribution >= 0.6 is 0 Å². The maximum absolute atomic E-state index is 11.6. The van der Waals surface area contributed by atoms with Gasteiger partial charge in [-0.3, -0.25) is 9.36 Å². The first-order chi connectivity index (χ1) is 8.65. The summed E-state index contributed by atoms with van der Waals surface area (Å²) in [5.41, 5.74) is 13.6. The lowest BCUT2D eigenvalue weighted by molar-refractivity contribution is 0.0941. The highest BCUT2D eigenvalue weighted by Crippen LogP contribution is 2.27. The van der Waals surface area contributed by atoms with Crippen LogP contribution < -0.4 is 11.5 Å². The summed E-state index contributed by atoms with van der Waals surface area (Å²) < 4.78 is 1.66. The Morgan fingerprint density at radius 2 is 2.11 bits per heavy atom. The normalized spacial score (nSPS) is 12.8. The molecule has 4 heteroatoms. The average Bonchev–Trinajstić information content (AvgIpc) is 2.75. The highest BCUT2D eigenvalue weighted by Gasteiger charge is 2.15. The summed E-state index contributed by atoms with van der Waals surface area (Å²) in [6.07, 6.45) is 3.58. The molecule has 0 fully saturated rings. The van der Waals surface area contributed by atoms with E-state index in [9.17, 15) is 4.79 Å². The molecule has 2 rings (SSSR count). The molecular formula is C14H19N3O. The SMILES string of the molecule is CC(=O)n1cc([C@H](N)CCCN)c2ccccc21. The molecule has 0 bridgehead atoms. The number of nitrogens with zero attached hydrogens (tertiary/aromatic N) is 1. The lowest BCUT2D eigenvalue weighted by Gasteiger charge is -2.09. The molecule has 1 aromatic carbocycles. The van der Waals surface area contributed by atoms with Crippen molar-refractivity contribution in [1.82, 2.24) is 4.57 Å². The zero-order valence-electron chi connectivity index (χ0n) is 10.6. The molecule has 0 amide bonds. The van der Waals surface area contributed by atoms with Gasteiger partial charge in [0, 0.05) is 24.5 Å². The zero-order valence-corrected chi connectivity index (χ0v) is 10.6. The molecule has 4 N–H and O–H groups in total. The molecule has 0 spiro atoms. The summed E-state index contributed by atoms with van der Waals surface area (Å²) in [5, 5.41) is 1.05. The Labute approximate surface area is 107 Å². The van der Waals surface area contributed by atoms with Gasteiger partial charge in [-0.1, -0.05) is 18.2 Å². The van der Waals surface area contributed by atoms with Crippen LogP contribution in [-0.4, -0.2) is 17.0 Å². The first-order valence-electron chi connectivity index (χ1n) is 6.21. The summed E-state index contributed by atoms with van der Waals surface area (Å²) in [4.78, 5) is 11.6. The van der Waals surface area contributed by atoms with Gasteiger partial charge >= 0.3 is 0 Å². The van der Waals surface area contributed by atoms with E-state index in [2.05, 4.69) is 0 Å². The first kappa shape index (κ1) is 12.8. The number of benzene rings is 1. The van der Waals surface area contributed by atoms with Gasteiger partial charge in [0.25, 0.3) is 0 Å². The van der Waals surface area contributed by atoms with Gasteiger partial charge in [-0.2, -0.15) is 0 Å². The number of carbonyl (C=O) groups excluding carboxylic acids is 1. The van der Waals surface area contributed by atoms with E-state index in [4.69, 9.17) is 11.5 Å². The van der Waals surface area contributed by atoms with E-state index in [1.165, 1.54) is 0 Å². The molecular weight excluding hydrogens is 226 g/mol. The topological polar surface area (TPSA) is 74.0 Å². The van der Waals surface area contributed by atoms with Crippen LogP contribution in [0, 0.1) is 0 Å². The van der Waals surface area contributed by atoms with E-state index in [0.717, 1.165) is 29.3 Å². The number of aromatic nitrogens is 1. The summed E-state index contributed by atoms with van der Waals surface area (Å²) in [6.45, 7) is 2.20. The van der Waals surface area contributed by atoms with E-state index in [1.807, 2.05) is 30.5 Å². The monoisotopic (exact) mass is 245 g/mol. The fourth-order valence-corrected chi connectivity index (χ4v) is 2.26. The van der Waals surface area contributed by atoms with Crippen molar-refractivity contribution >= 4 is 16.8 Å². The lowest BCUT2D eigenvalue weighted by Crippen LogP contribution is -2.12. The summed E-state index contributed by atoms with van der Waals surface area (Å²) >= 11 is 0. The summed E-state index contributed by atoms with van der Waals surface area (Å²) in [7, 11) is 0. The summed E-state index contributed by atoms with van der Waals surface area (Å²) in [5.74, 6) is 0.00322. The van der Waals surface area contributed by atoms with Crippen molar-refractivity contribution in [1.29, 1.82) is 0 Å². The second-order valence-corrected chi connectivity index (χ2v) is 4.53. The minimum absolute atomic E-state index is 0.00322. The van der Waals surface area contributed by atoms with Crippen LogP contribution in [0.25, 0.3) is 10.9 Å². The molecule has 18 heavy (non-hydrogen) atoms. The van der Waals surface area contributed by atoms with Crippen molar-refractivity contribution in [3.63, 3.8) is 0 Å². The molecule has 0 aliphatic rings. The second kappa shape index (κ2) is 5.33. The van der Waals surface area contributed by atoms with Crippen molar-refractivity contribution in [2.75, 3.05) is 6.54 Å². The van der Waals surface area contributed by atoms with Gasteiger partial charge < -0.3 is 11.5 Å². The van der Waals surface area contributed by atoms with Crippen molar-refractivity contribution in [2.45, 2.75) is 25.8 Å². The molecule has 0 radical (unpaired) electrons. The minimum atomic E-state index is -0.0703. The van der Waals surface area contributed by atoms with E-state index >= 15 is 0 Å². The molecule has 1 atom stereocenters. The number of para-hydroxylation sites is 1. The molecule has 1 aromatic heterocycles. The standard InChI is InChI=1S/C14H19N3O/c1-10(18)17-9-12(13(16)6-4-8-15)11-5-2-3-7-14(11)17/h2-3,5,7,9,13H,4,6,8,15-16H2,1H3/t13-/m1/s1. The van der Waals surface area contributed by atoms with Crippen LogP contribution in [-0.2, 0) is 0 Å². The third-order valence-electron chi connectivity index (χ3n) is 3.20. The van der Waals surface area contributed by atoms with Crippen molar-refractivity contribution in [2.24, 2.45) is 11.5 Å². The van der Waals surface area contributed by atoms with Crippen LogP contribution in [0.4, 0.5) is 0 Å². The highest BCUT2D eigenvalue weighted by atomic mass is 16.1. The molecule has 0 saturated heterocycles. The Hall–Kier alpha value is -1.65. The van der Waals surface area contributed by atoms with Crippen molar-refractivity contribution < 1.29 is 4.79 Å². The predicted octanol–water partition coefficient (Wildman–Crippen LogP) is 2.04. The Balaban J connectivity index is 2.47. The van der Waals surface area contributed by atoms with Crippen LogP contribution in [0.15, 0.2) is 30.5 Å². The number of rotatable bonds is 4. The van der Waals surface area contributed by atoms with Gasteiger partial charge in [-0.25, -0.2) is 0 Å². The zero-order chi connectivity index (χ0) is 13.1. The number of hydrogen-bond donors (Lipinski definition) is 2. The Kier molecular flexibility index (Phi) is 3.79. The van der Waals surface area contributed by atoms with Crippen molar-refractivity contribution in [3.05, 3.63) is 36.0 Å². The third-order valence-corrected chi connectivity index (χ3v) is 3.20. The van der Waals surface area contributed by atoms with Gasteiger partial charge in [0.1, 0.15) is 0 Å². The number of nitrogens with two attached hydrogens (primary N) is 2. The van der Waals surface area contributed by atoms with E-state index < -0.39 is 0 Å². The maximum atomic E-state index is 11.6. The number of fused-ring (bicyclic) bond motifs is 1. The van der Waals surface area contributed by atoms with Crippen LogP contribution in [0.5, 0.6) is 0 Å². The molecule has 0 aliphatic heterocycles.